The fourth-order valence-electron chi connectivity index (χ4n) is 6.38. The Morgan fingerprint density at radius 3 is 2.07 bits per heavy atom. The highest BCUT2D eigenvalue weighted by molar-refractivity contribution is 9.10. The average Bonchev–Trinajstić information content (AvgIpc) is 3.36. The molecule has 2 aliphatic heterocycles. The van der Waals surface area contributed by atoms with Crippen molar-refractivity contribution in [2.75, 3.05) is 7.11 Å². The van der Waals surface area contributed by atoms with Crippen molar-refractivity contribution in [1.82, 2.24) is 4.90 Å². The zero-order valence-electron chi connectivity index (χ0n) is 22.8. The van der Waals surface area contributed by atoms with Crippen molar-refractivity contribution in [3.63, 3.8) is 0 Å². The monoisotopic (exact) mass is 618 g/mol. The molecule has 0 radical (unpaired) electrons. The van der Waals surface area contributed by atoms with Crippen LogP contribution in [0.4, 0.5) is 0 Å². The number of halogens is 1. The summed E-state index contributed by atoms with van der Waals surface area (Å²) in [7, 11) is 1.28. The van der Waals surface area contributed by atoms with Gasteiger partial charge in [0.2, 0.25) is 0 Å². The second-order valence-electron chi connectivity index (χ2n) is 10.4. The molecule has 0 amide bonds. The summed E-state index contributed by atoms with van der Waals surface area (Å²) in [5, 5.41) is 10.9. The van der Waals surface area contributed by atoms with E-state index in [-0.39, 0.29) is 0 Å². The molecule has 0 aliphatic carbocycles. The third kappa shape index (κ3) is 4.49. The lowest BCUT2D eigenvalue weighted by Gasteiger charge is -2.36. The molecule has 0 bridgehead atoms. The summed E-state index contributed by atoms with van der Waals surface area (Å²) in [6, 6.07) is 34.6. The Balaban J connectivity index is 1.54. The standard InChI is InChI=1S/C35H27BrN2O4/c1-41-34(40)35(22-37)29(24-16-18-27(36)19-17-24)30(38-21-20-23-10-8-9-15-28(23)32(35)38)33(39)42-31(25-11-4-2-5-12-25)26-13-6-3-7-14-26/h2-21,29-32H,1H3/t29-,30+,32?,35-/m1/s1. The van der Waals surface area contributed by atoms with E-state index < -0.39 is 41.5 Å². The Bertz CT molecular complexity index is 1640. The summed E-state index contributed by atoms with van der Waals surface area (Å²) in [6.07, 6.45) is 3.01. The minimum atomic E-state index is -1.75. The minimum absolute atomic E-state index is 0.546. The maximum atomic E-state index is 14.6. The molecular formula is C35H27BrN2O4. The van der Waals surface area contributed by atoms with Gasteiger partial charge in [-0.2, -0.15) is 5.26 Å². The molecule has 6 rings (SSSR count). The highest BCUT2D eigenvalue weighted by Gasteiger charge is 2.68. The molecular weight excluding hydrogens is 592 g/mol. The Labute approximate surface area is 252 Å². The van der Waals surface area contributed by atoms with E-state index in [1.165, 1.54) is 7.11 Å². The van der Waals surface area contributed by atoms with Crippen LogP contribution in [-0.2, 0) is 19.1 Å². The van der Waals surface area contributed by atoms with Crippen molar-refractivity contribution in [3.8, 4) is 6.07 Å². The molecule has 6 nitrogen and oxygen atoms in total. The molecule has 0 N–H and O–H groups in total. The van der Waals surface area contributed by atoms with E-state index in [1.807, 2.05) is 120 Å². The van der Waals surface area contributed by atoms with Gasteiger partial charge in [-0.15, -0.1) is 0 Å². The van der Waals surface area contributed by atoms with E-state index in [9.17, 15) is 14.9 Å². The normalized spacial score (nSPS) is 22.1. The number of hydrogen-bond acceptors (Lipinski definition) is 6. The molecule has 4 aromatic rings. The van der Waals surface area contributed by atoms with Crippen LogP contribution in [0.25, 0.3) is 6.08 Å². The molecule has 42 heavy (non-hydrogen) atoms. The molecule has 0 aromatic heterocycles. The van der Waals surface area contributed by atoms with Gasteiger partial charge in [-0.3, -0.25) is 4.79 Å². The number of carbonyl (C=O) groups is 2. The quantitative estimate of drug-likeness (QED) is 0.217. The van der Waals surface area contributed by atoms with Crippen LogP contribution in [0.1, 0.15) is 45.9 Å². The van der Waals surface area contributed by atoms with Gasteiger partial charge in [-0.05, 0) is 46.0 Å². The van der Waals surface area contributed by atoms with Gasteiger partial charge in [0.1, 0.15) is 6.04 Å². The lowest BCUT2D eigenvalue weighted by atomic mass is 9.67. The molecule has 2 heterocycles. The predicted molar refractivity (Wildman–Crippen MR) is 162 cm³/mol. The van der Waals surface area contributed by atoms with Crippen molar-refractivity contribution in [2.45, 2.75) is 24.1 Å². The number of nitriles is 1. The van der Waals surface area contributed by atoms with Gasteiger partial charge >= 0.3 is 11.9 Å². The summed E-state index contributed by atoms with van der Waals surface area (Å²) in [5.74, 6) is -2.14. The zero-order chi connectivity index (χ0) is 29.3. The summed E-state index contributed by atoms with van der Waals surface area (Å²) in [4.78, 5) is 30.2. The van der Waals surface area contributed by atoms with Crippen LogP contribution in [0, 0.1) is 16.7 Å². The fourth-order valence-corrected chi connectivity index (χ4v) is 6.64. The first-order valence-corrected chi connectivity index (χ1v) is 14.4. The fraction of sp³-hybridized carbons (Fsp3) is 0.171. The van der Waals surface area contributed by atoms with Crippen molar-refractivity contribution in [3.05, 3.63) is 148 Å². The molecule has 2 aliphatic rings. The van der Waals surface area contributed by atoms with Crippen LogP contribution in [0.2, 0.25) is 0 Å². The molecule has 208 valence electrons. The second-order valence-corrected chi connectivity index (χ2v) is 11.3. The highest BCUT2D eigenvalue weighted by atomic mass is 79.9. The Morgan fingerprint density at radius 1 is 0.881 bits per heavy atom. The number of nitrogens with zero attached hydrogens (tertiary/aromatic N) is 2. The number of ether oxygens (including phenoxy) is 2. The lowest BCUT2D eigenvalue weighted by Crippen LogP contribution is -2.41. The van der Waals surface area contributed by atoms with Gasteiger partial charge in [0.15, 0.2) is 11.5 Å². The predicted octanol–water partition coefficient (Wildman–Crippen LogP) is 6.96. The molecule has 7 heteroatoms. The number of esters is 2. The van der Waals surface area contributed by atoms with Crippen LogP contribution in [0.3, 0.4) is 0 Å². The van der Waals surface area contributed by atoms with Gasteiger partial charge in [0.05, 0.1) is 19.2 Å². The summed E-state index contributed by atoms with van der Waals surface area (Å²) in [6.45, 7) is 0. The number of benzene rings is 4. The third-order valence-corrected chi connectivity index (χ3v) is 8.72. The van der Waals surface area contributed by atoms with Gasteiger partial charge in [-0.1, -0.05) is 113 Å². The maximum absolute atomic E-state index is 14.6. The van der Waals surface area contributed by atoms with Crippen LogP contribution < -0.4 is 0 Å². The van der Waals surface area contributed by atoms with Crippen LogP contribution in [0.15, 0.2) is 120 Å². The summed E-state index contributed by atoms with van der Waals surface area (Å²) < 4.78 is 12.6. The maximum Gasteiger partial charge on any atom is 0.330 e. The van der Waals surface area contributed by atoms with Crippen LogP contribution in [-0.4, -0.2) is 30.0 Å². The zero-order valence-corrected chi connectivity index (χ0v) is 24.3. The molecule has 4 aromatic carbocycles. The van der Waals surface area contributed by atoms with E-state index in [1.54, 1.807) is 6.20 Å². The first kappa shape index (κ1) is 27.5. The lowest BCUT2D eigenvalue weighted by molar-refractivity contribution is -0.153. The topological polar surface area (TPSA) is 79.6 Å². The molecule has 0 saturated carbocycles. The molecule has 1 saturated heterocycles. The molecule has 0 spiro atoms. The van der Waals surface area contributed by atoms with Gasteiger partial charge in [0, 0.05) is 16.6 Å². The number of hydrogen-bond donors (Lipinski definition) is 0. The average molecular weight is 620 g/mol. The van der Waals surface area contributed by atoms with E-state index >= 15 is 0 Å². The van der Waals surface area contributed by atoms with E-state index in [0.717, 1.165) is 26.7 Å². The Kier molecular flexibility index (Phi) is 7.40. The van der Waals surface area contributed by atoms with Gasteiger partial charge in [0.25, 0.3) is 0 Å². The number of rotatable bonds is 6. The molecule has 1 fully saturated rings. The van der Waals surface area contributed by atoms with E-state index in [2.05, 4.69) is 22.0 Å². The van der Waals surface area contributed by atoms with Crippen LogP contribution in [0.5, 0.6) is 0 Å². The van der Waals surface area contributed by atoms with Gasteiger partial charge < -0.3 is 14.4 Å². The number of fused-ring (bicyclic) bond motifs is 3. The minimum Gasteiger partial charge on any atom is -0.468 e. The largest absolute Gasteiger partial charge is 0.468 e. The second kappa shape index (κ2) is 11.3. The highest BCUT2D eigenvalue weighted by Crippen LogP contribution is 2.60. The van der Waals surface area contributed by atoms with Crippen molar-refractivity contribution in [1.29, 1.82) is 5.26 Å². The Hall–Kier alpha value is -4.67. The van der Waals surface area contributed by atoms with E-state index in [4.69, 9.17) is 9.47 Å². The van der Waals surface area contributed by atoms with Crippen LogP contribution >= 0.6 is 15.9 Å². The van der Waals surface area contributed by atoms with Crippen molar-refractivity contribution < 1.29 is 19.1 Å². The first-order chi connectivity index (χ1) is 20.5. The third-order valence-electron chi connectivity index (χ3n) is 8.19. The van der Waals surface area contributed by atoms with E-state index in [0.29, 0.717) is 5.56 Å². The SMILES string of the molecule is COC(=O)[C@@]1(C#N)C2c3ccccc3C=CN2[C@H](C(=O)OC(c2ccccc2)c2ccccc2)[C@H]1c1ccc(Br)cc1. The van der Waals surface area contributed by atoms with Crippen molar-refractivity contribution in [2.24, 2.45) is 5.41 Å². The number of methoxy groups -OCH3 is 1. The summed E-state index contributed by atoms with van der Waals surface area (Å²) >= 11 is 3.48. The smallest absolute Gasteiger partial charge is 0.330 e. The van der Waals surface area contributed by atoms with Gasteiger partial charge in [-0.25, -0.2) is 4.79 Å². The summed E-state index contributed by atoms with van der Waals surface area (Å²) in [5.41, 5.74) is 2.17. The first-order valence-electron chi connectivity index (χ1n) is 13.6. The Morgan fingerprint density at radius 2 is 1.48 bits per heavy atom. The molecule has 1 unspecified atom stereocenters. The molecule has 4 atom stereocenters. The number of carbonyl (C=O) groups excluding carboxylic acids is 2. The van der Waals surface area contributed by atoms with Crippen molar-refractivity contribution >= 4 is 33.9 Å².